The number of fused-ring (bicyclic) bond motifs is 1. The Bertz CT molecular complexity index is 525. The van der Waals surface area contributed by atoms with Crippen molar-refractivity contribution in [3.63, 3.8) is 0 Å². The van der Waals surface area contributed by atoms with Crippen LogP contribution in [-0.2, 0) is 22.6 Å². The van der Waals surface area contributed by atoms with Gasteiger partial charge in [0.2, 0.25) is 11.8 Å². The SMILES string of the molecule is CC(=O)N1CCC[C@@H]1C(=O)N[C@@H]1CCc2nccn2C1. The summed E-state index contributed by atoms with van der Waals surface area (Å²) in [4.78, 5) is 29.8. The van der Waals surface area contributed by atoms with Crippen LogP contribution in [0.3, 0.4) is 0 Å². The predicted octanol–water partition coefficient (Wildman–Crippen LogP) is 0.325. The molecule has 0 aromatic carbocycles. The van der Waals surface area contributed by atoms with Gasteiger partial charge in [-0.15, -0.1) is 0 Å². The second kappa shape index (κ2) is 5.26. The first-order valence-electron chi connectivity index (χ1n) is 7.23. The van der Waals surface area contributed by atoms with Gasteiger partial charge < -0.3 is 14.8 Å². The quantitative estimate of drug-likeness (QED) is 0.846. The van der Waals surface area contributed by atoms with Gasteiger partial charge in [0, 0.05) is 44.9 Å². The minimum Gasteiger partial charge on any atom is -0.350 e. The van der Waals surface area contributed by atoms with Crippen LogP contribution in [0.5, 0.6) is 0 Å². The summed E-state index contributed by atoms with van der Waals surface area (Å²) in [5.74, 6) is 1.07. The molecule has 0 unspecified atom stereocenters. The predicted molar refractivity (Wildman–Crippen MR) is 72.9 cm³/mol. The van der Waals surface area contributed by atoms with Gasteiger partial charge in [-0.2, -0.15) is 0 Å². The smallest absolute Gasteiger partial charge is 0.243 e. The molecule has 1 fully saturated rings. The molecule has 0 spiro atoms. The number of rotatable bonds is 2. The van der Waals surface area contributed by atoms with Gasteiger partial charge in [0.15, 0.2) is 0 Å². The zero-order valence-corrected chi connectivity index (χ0v) is 11.7. The highest BCUT2D eigenvalue weighted by Gasteiger charge is 2.33. The van der Waals surface area contributed by atoms with Crippen molar-refractivity contribution in [2.24, 2.45) is 0 Å². The Morgan fingerprint density at radius 1 is 1.40 bits per heavy atom. The van der Waals surface area contributed by atoms with Gasteiger partial charge in [0.05, 0.1) is 0 Å². The third kappa shape index (κ3) is 2.42. The fourth-order valence-electron chi connectivity index (χ4n) is 3.20. The van der Waals surface area contributed by atoms with E-state index in [4.69, 9.17) is 0 Å². The molecule has 6 nitrogen and oxygen atoms in total. The molecule has 1 saturated heterocycles. The Balaban J connectivity index is 1.61. The van der Waals surface area contributed by atoms with Crippen molar-refractivity contribution in [1.29, 1.82) is 0 Å². The van der Waals surface area contributed by atoms with Gasteiger partial charge in [-0.1, -0.05) is 0 Å². The molecule has 1 aromatic heterocycles. The summed E-state index contributed by atoms with van der Waals surface area (Å²) in [6.07, 6.45) is 7.23. The number of hydrogen-bond acceptors (Lipinski definition) is 3. The summed E-state index contributed by atoms with van der Waals surface area (Å²) in [7, 11) is 0. The topological polar surface area (TPSA) is 67.2 Å². The number of nitrogens with one attached hydrogen (secondary N) is 1. The monoisotopic (exact) mass is 276 g/mol. The van der Waals surface area contributed by atoms with Crippen molar-refractivity contribution in [2.75, 3.05) is 6.54 Å². The highest BCUT2D eigenvalue weighted by atomic mass is 16.2. The number of hydrogen-bond donors (Lipinski definition) is 1. The van der Waals surface area contributed by atoms with Crippen LogP contribution in [0.1, 0.15) is 32.0 Å². The van der Waals surface area contributed by atoms with E-state index in [9.17, 15) is 9.59 Å². The fourth-order valence-corrected chi connectivity index (χ4v) is 3.20. The van der Waals surface area contributed by atoms with Gasteiger partial charge in [0.1, 0.15) is 11.9 Å². The molecule has 6 heteroatoms. The van der Waals surface area contributed by atoms with E-state index in [0.717, 1.165) is 38.1 Å². The maximum atomic E-state index is 12.3. The van der Waals surface area contributed by atoms with E-state index < -0.39 is 0 Å². The molecule has 3 rings (SSSR count). The molecule has 0 saturated carbocycles. The van der Waals surface area contributed by atoms with Crippen LogP contribution >= 0.6 is 0 Å². The van der Waals surface area contributed by atoms with Gasteiger partial charge >= 0.3 is 0 Å². The van der Waals surface area contributed by atoms with Crippen LogP contribution in [0.25, 0.3) is 0 Å². The number of carbonyl (C=O) groups excluding carboxylic acids is 2. The van der Waals surface area contributed by atoms with Gasteiger partial charge in [-0.25, -0.2) is 4.98 Å². The molecule has 0 radical (unpaired) electrons. The summed E-state index contributed by atoms with van der Waals surface area (Å²) in [6.45, 7) is 3.00. The van der Waals surface area contributed by atoms with E-state index in [1.807, 2.05) is 6.20 Å². The van der Waals surface area contributed by atoms with Gasteiger partial charge in [-0.05, 0) is 19.3 Å². The lowest BCUT2D eigenvalue weighted by molar-refractivity contribution is -0.137. The first-order valence-corrected chi connectivity index (χ1v) is 7.23. The van der Waals surface area contributed by atoms with Crippen LogP contribution in [0, 0.1) is 0 Å². The zero-order chi connectivity index (χ0) is 14.1. The van der Waals surface area contributed by atoms with Gasteiger partial charge in [-0.3, -0.25) is 9.59 Å². The van der Waals surface area contributed by atoms with E-state index in [2.05, 4.69) is 14.9 Å². The first kappa shape index (κ1) is 13.1. The maximum Gasteiger partial charge on any atom is 0.243 e. The molecule has 108 valence electrons. The van der Waals surface area contributed by atoms with Gasteiger partial charge in [0.25, 0.3) is 0 Å². The van der Waals surface area contributed by atoms with Crippen molar-refractivity contribution in [1.82, 2.24) is 19.8 Å². The number of imidazole rings is 1. The molecule has 3 heterocycles. The molecule has 1 N–H and O–H groups in total. The molecule has 1 aromatic rings. The Morgan fingerprint density at radius 3 is 3.05 bits per heavy atom. The summed E-state index contributed by atoms with van der Waals surface area (Å²) in [5, 5.41) is 3.09. The van der Waals surface area contributed by atoms with Crippen LogP contribution in [-0.4, -0.2) is 44.9 Å². The lowest BCUT2D eigenvalue weighted by Gasteiger charge is -2.28. The Hall–Kier alpha value is -1.85. The summed E-state index contributed by atoms with van der Waals surface area (Å²) < 4.78 is 2.09. The van der Waals surface area contributed by atoms with E-state index in [0.29, 0.717) is 6.54 Å². The van der Waals surface area contributed by atoms with Crippen LogP contribution in [0.4, 0.5) is 0 Å². The number of likely N-dealkylation sites (tertiary alicyclic amines) is 1. The van der Waals surface area contributed by atoms with Crippen LogP contribution < -0.4 is 5.32 Å². The molecular weight excluding hydrogens is 256 g/mol. The standard InChI is InChI=1S/C14H20N4O2/c1-10(19)18-7-2-3-12(18)14(20)16-11-4-5-13-15-6-8-17(13)9-11/h6,8,11-12H,2-5,7,9H2,1H3,(H,16,20)/t11-,12-/m1/s1. The summed E-state index contributed by atoms with van der Waals surface area (Å²) in [5.41, 5.74) is 0. The minimum atomic E-state index is -0.281. The number of nitrogens with zero attached hydrogens (tertiary/aromatic N) is 3. The molecule has 2 aliphatic rings. The zero-order valence-electron chi connectivity index (χ0n) is 11.7. The second-order valence-electron chi connectivity index (χ2n) is 5.61. The summed E-state index contributed by atoms with van der Waals surface area (Å²) in [6, 6.07) is -0.143. The average Bonchev–Trinajstić information content (AvgIpc) is 3.06. The number of carbonyl (C=O) groups is 2. The molecule has 2 aliphatic heterocycles. The molecule has 20 heavy (non-hydrogen) atoms. The van der Waals surface area contributed by atoms with Crippen LogP contribution in [0.2, 0.25) is 0 Å². The largest absolute Gasteiger partial charge is 0.350 e. The fraction of sp³-hybridized carbons (Fsp3) is 0.643. The highest BCUT2D eigenvalue weighted by molar-refractivity contribution is 5.87. The highest BCUT2D eigenvalue weighted by Crippen LogP contribution is 2.19. The third-order valence-corrected chi connectivity index (χ3v) is 4.24. The third-order valence-electron chi connectivity index (χ3n) is 4.24. The Kier molecular flexibility index (Phi) is 3.46. The maximum absolute atomic E-state index is 12.3. The number of amides is 2. The lowest BCUT2D eigenvalue weighted by atomic mass is 10.1. The van der Waals surface area contributed by atoms with E-state index in [1.165, 1.54) is 6.92 Å². The number of aryl methyl sites for hydroxylation is 1. The average molecular weight is 276 g/mol. The Morgan fingerprint density at radius 2 is 2.25 bits per heavy atom. The molecule has 0 aliphatic carbocycles. The van der Waals surface area contributed by atoms with Crippen molar-refractivity contribution in [3.05, 3.63) is 18.2 Å². The normalized spacial score (nSPS) is 25.4. The van der Waals surface area contributed by atoms with Crippen molar-refractivity contribution < 1.29 is 9.59 Å². The van der Waals surface area contributed by atoms with Crippen molar-refractivity contribution in [2.45, 2.75) is 51.2 Å². The van der Waals surface area contributed by atoms with E-state index in [1.54, 1.807) is 11.1 Å². The van der Waals surface area contributed by atoms with E-state index in [-0.39, 0.29) is 23.9 Å². The number of aromatic nitrogens is 2. The lowest BCUT2D eigenvalue weighted by Crippen LogP contribution is -2.50. The summed E-state index contributed by atoms with van der Waals surface area (Å²) >= 11 is 0. The minimum absolute atomic E-state index is 0.00809. The molecule has 2 amide bonds. The van der Waals surface area contributed by atoms with Crippen LogP contribution in [0.15, 0.2) is 12.4 Å². The molecule has 2 atom stereocenters. The second-order valence-corrected chi connectivity index (χ2v) is 5.61. The van der Waals surface area contributed by atoms with Crippen molar-refractivity contribution >= 4 is 11.8 Å². The molecular formula is C14H20N4O2. The Labute approximate surface area is 118 Å². The van der Waals surface area contributed by atoms with E-state index >= 15 is 0 Å². The molecule has 0 bridgehead atoms. The van der Waals surface area contributed by atoms with Crippen molar-refractivity contribution in [3.8, 4) is 0 Å². The first-order chi connectivity index (χ1) is 9.65.